The van der Waals surface area contributed by atoms with E-state index in [1.165, 1.54) is 12.1 Å². The van der Waals surface area contributed by atoms with E-state index in [0.717, 1.165) is 37.3 Å². The van der Waals surface area contributed by atoms with E-state index in [-0.39, 0.29) is 18.0 Å². The predicted molar refractivity (Wildman–Crippen MR) is 126 cm³/mol. The maximum atomic E-state index is 12.5. The SMILES string of the molecule is Cc1ccc(S(=O)(=O)O)cc1.NCC(=CF)COc1ccc2nc(NCCC3COC3)oc2c1. The number of nitrogens with zero attached hydrogens (tertiary/aromatic N) is 1. The van der Waals surface area contributed by atoms with Gasteiger partial charge in [-0.1, -0.05) is 17.7 Å². The molecule has 184 valence electrons. The molecule has 1 saturated heterocycles. The topological polar surface area (TPSA) is 137 Å². The molecule has 0 amide bonds. The zero-order valence-electron chi connectivity index (χ0n) is 18.7. The third-order valence-electron chi connectivity index (χ3n) is 5.06. The molecule has 2 aromatic carbocycles. The van der Waals surface area contributed by atoms with Gasteiger partial charge in [-0.15, -0.1) is 0 Å². The van der Waals surface area contributed by atoms with Crippen LogP contribution in [0.3, 0.4) is 0 Å². The zero-order valence-corrected chi connectivity index (χ0v) is 19.6. The minimum atomic E-state index is -4.02. The first-order chi connectivity index (χ1) is 16.3. The summed E-state index contributed by atoms with van der Waals surface area (Å²) in [5.41, 5.74) is 8.10. The van der Waals surface area contributed by atoms with E-state index < -0.39 is 10.1 Å². The highest BCUT2D eigenvalue weighted by Gasteiger charge is 2.17. The van der Waals surface area contributed by atoms with Crippen molar-refractivity contribution in [2.45, 2.75) is 18.2 Å². The number of nitrogens with one attached hydrogen (secondary N) is 1. The van der Waals surface area contributed by atoms with Crippen LogP contribution in [-0.4, -0.2) is 50.9 Å². The van der Waals surface area contributed by atoms with E-state index in [2.05, 4.69) is 10.3 Å². The highest BCUT2D eigenvalue weighted by Crippen LogP contribution is 2.24. The molecule has 0 saturated carbocycles. The van der Waals surface area contributed by atoms with Gasteiger partial charge >= 0.3 is 0 Å². The first-order valence-electron chi connectivity index (χ1n) is 10.7. The molecule has 0 radical (unpaired) electrons. The Morgan fingerprint density at radius 2 is 2.03 bits per heavy atom. The molecular formula is C23H28FN3O6S. The van der Waals surface area contributed by atoms with E-state index in [1.54, 1.807) is 30.3 Å². The normalized spacial score (nSPS) is 14.3. The van der Waals surface area contributed by atoms with Gasteiger partial charge < -0.3 is 24.9 Å². The van der Waals surface area contributed by atoms with Crippen LogP contribution in [0.5, 0.6) is 5.75 Å². The molecule has 34 heavy (non-hydrogen) atoms. The number of benzene rings is 2. The van der Waals surface area contributed by atoms with E-state index in [9.17, 15) is 12.8 Å². The summed E-state index contributed by atoms with van der Waals surface area (Å²) < 4.78 is 58.3. The molecule has 0 bridgehead atoms. The number of oxazole rings is 1. The van der Waals surface area contributed by atoms with Gasteiger partial charge in [-0.25, -0.2) is 4.39 Å². The van der Waals surface area contributed by atoms with Crippen LogP contribution in [0.25, 0.3) is 11.1 Å². The lowest BCUT2D eigenvalue weighted by molar-refractivity contribution is -0.0338. The standard InChI is InChI=1S/C16H20FN3O3.C7H8O3S/c17-6-12(7-18)10-22-13-1-2-14-15(5-13)23-16(20-14)19-4-3-11-8-21-9-11;1-6-2-4-7(5-3-6)11(8,9)10/h1-2,5-6,11H,3-4,7-10,18H2,(H,19,20);2-5H,1H3,(H,8,9,10). The number of fused-ring (bicyclic) bond motifs is 1. The summed E-state index contributed by atoms with van der Waals surface area (Å²) in [5.74, 6) is 1.21. The van der Waals surface area contributed by atoms with Gasteiger partial charge in [0.25, 0.3) is 16.1 Å². The number of hydrogen-bond acceptors (Lipinski definition) is 8. The Balaban J connectivity index is 0.000000248. The molecule has 9 nitrogen and oxygen atoms in total. The minimum absolute atomic E-state index is 0.0666. The number of nitrogens with two attached hydrogens (primary N) is 1. The lowest BCUT2D eigenvalue weighted by Crippen LogP contribution is -2.29. The molecular weight excluding hydrogens is 465 g/mol. The van der Waals surface area contributed by atoms with Crippen LogP contribution >= 0.6 is 0 Å². The Hall–Kier alpha value is -2.99. The lowest BCUT2D eigenvalue weighted by Gasteiger charge is -2.25. The number of halogens is 1. The molecule has 1 aliphatic heterocycles. The van der Waals surface area contributed by atoms with Crippen LogP contribution in [0.15, 0.2) is 63.7 Å². The van der Waals surface area contributed by atoms with Crippen molar-refractivity contribution in [3.63, 3.8) is 0 Å². The van der Waals surface area contributed by atoms with Gasteiger partial charge in [0.05, 0.1) is 24.4 Å². The third kappa shape index (κ3) is 7.52. The van der Waals surface area contributed by atoms with Crippen molar-refractivity contribution in [2.75, 3.05) is 38.2 Å². The smallest absolute Gasteiger partial charge is 0.295 e. The molecule has 2 heterocycles. The second kappa shape index (κ2) is 11.9. The van der Waals surface area contributed by atoms with Gasteiger partial charge in [0.15, 0.2) is 5.58 Å². The number of aryl methyl sites for hydroxylation is 1. The Kier molecular flexibility index (Phi) is 8.99. The molecule has 0 atom stereocenters. The predicted octanol–water partition coefficient (Wildman–Crippen LogP) is 3.71. The average Bonchev–Trinajstić information content (AvgIpc) is 3.18. The molecule has 0 unspecified atom stereocenters. The van der Waals surface area contributed by atoms with Crippen molar-refractivity contribution in [3.05, 3.63) is 59.9 Å². The van der Waals surface area contributed by atoms with Gasteiger partial charge in [-0.2, -0.15) is 13.4 Å². The molecule has 0 aliphatic carbocycles. The molecule has 1 aliphatic rings. The van der Waals surface area contributed by atoms with E-state index >= 15 is 0 Å². The summed E-state index contributed by atoms with van der Waals surface area (Å²) in [6.45, 7) is 4.56. The first-order valence-corrected chi connectivity index (χ1v) is 12.1. The van der Waals surface area contributed by atoms with Crippen molar-refractivity contribution in [1.29, 1.82) is 0 Å². The van der Waals surface area contributed by atoms with Crippen LogP contribution in [0.4, 0.5) is 10.4 Å². The molecule has 0 spiro atoms. The monoisotopic (exact) mass is 493 g/mol. The minimum Gasteiger partial charge on any atom is -0.489 e. The molecule has 11 heteroatoms. The zero-order chi connectivity index (χ0) is 24.6. The second-order valence-electron chi connectivity index (χ2n) is 7.82. The average molecular weight is 494 g/mol. The van der Waals surface area contributed by atoms with Crippen molar-refractivity contribution in [1.82, 2.24) is 4.98 Å². The molecule has 3 aromatic rings. The maximum Gasteiger partial charge on any atom is 0.295 e. The van der Waals surface area contributed by atoms with E-state index in [4.69, 9.17) is 24.2 Å². The summed E-state index contributed by atoms with van der Waals surface area (Å²) >= 11 is 0. The van der Waals surface area contributed by atoms with Crippen LogP contribution in [-0.2, 0) is 14.9 Å². The number of hydrogen-bond donors (Lipinski definition) is 3. The van der Waals surface area contributed by atoms with Gasteiger partial charge in [0.2, 0.25) is 0 Å². The van der Waals surface area contributed by atoms with Crippen molar-refractivity contribution in [3.8, 4) is 5.75 Å². The summed E-state index contributed by atoms with van der Waals surface area (Å²) in [6, 6.07) is 11.8. The fourth-order valence-electron chi connectivity index (χ4n) is 2.93. The third-order valence-corrected chi connectivity index (χ3v) is 5.92. The fourth-order valence-corrected chi connectivity index (χ4v) is 3.41. The van der Waals surface area contributed by atoms with Crippen LogP contribution in [0.1, 0.15) is 12.0 Å². The van der Waals surface area contributed by atoms with Gasteiger partial charge in [0, 0.05) is 30.6 Å². The molecule has 4 N–H and O–H groups in total. The summed E-state index contributed by atoms with van der Waals surface area (Å²) in [5, 5.41) is 3.17. The van der Waals surface area contributed by atoms with Crippen molar-refractivity contribution < 1.29 is 31.3 Å². The summed E-state index contributed by atoms with van der Waals surface area (Å²) in [7, 11) is -4.02. The van der Waals surface area contributed by atoms with Crippen molar-refractivity contribution in [2.24, 2.45) is 11.7 Å². The quantitative estimate of drug-likeness (QED) is 0.381. The molecule has 1 aromatic heterocycles. The van der Waals surface area contributed by atoms with E-state index in [0.29, 0.717) is 35.2 Å². The second-order valence-corrected chi connectivity index (χ2v) is 9.24. The highest BCUT2D eigenvalue weighted by atomic mass is 32.2. The number of rotatable bonds is 9. The summed E-state index contributed by atoms with van der Waals surface area (Å²) in [4.78, 5) is 4.30. The molecule has 1 fully saturated rings. The maximum absolute atomic E-state index is 12.5. The van der Waals surface area contributed by atoms with E-state index in [1.807, 2.05) is 6.92 Å². The largest absolute Gasteiger partial charge is 0.489 e. The van der Waals surface area contributed by atoms with Crippen LogP contribution < -0.4 is 15.8 Å². The number of aromatic nitrogens is 1. The fraction of sp³-hybridized carbons (Fsp3) is 0.348. The Bertz CT molecular complexity index is 1210. The molecule has 4 rings (SSSR count). The van der Waals surface area contributed by atoms with Gasteiger partial charge in [0.1, 0.15) is 17.9 Å². The van der Waals surface area contributed by atoms with Gasteiger partial charge in [-0.05, 0) is 37.6 Å². The first kappa shape index (κ1) is 25.6. The Morgan fingerprint density at radius 3 is 2.62 bits per heavy atom. The number of ether oxygens (including phenoxy) is 2. The van der Waals surface area contributed by atoms with Crippen LogP contribution in [0, 0.1) is 12.8 Å². The Morgan fingerprint density at radius 1 is 1.29 bits per heavy atom. The van der Waals surface area contributed by atoms with Crippen LogP contribution in [0.2, 0.25) is 0 Å². The van der Waals surface area contributed by atoms with Gasteiger partial charge in [-0.3, -0.25) is 4.55 Å². The Labute approximate surface area is 197 Å². The van der Waals surface area contributed by atoms with Crippen molar-refractivity contribution >= 4 is 27.2 Å². The number of anilines is 1. The highest BCUT2D eigenvalue weighted by molar-refractivity contribution is 7.85. The summed E-state index contributed by atoms with van der Waals surface area (Å²) in [6.07, 6.45) is 1.51. The lowest BCUT2D eigenvalue weighted by atomic mass is 10.0.